The van der Waals surface area contributed by atoms with E-state index >= 15 is 0 Å². The van der Waals surface area contributed by atoms with Crippen LogP contribution in [0, 0.1) is 0 Å². The summed E-state index contributed by atoms with van der Waals surface area (Å²) in [5.74, 6) is -0.0449. The summed E-state index contributed by atoms with van der Waals surface area (Å²) < 4.78 is 1.29. The number of nitrogens with zero attached hydrogens (tertiary/aromatic N) is 5. The van der Waals surface area contributed by atoms with E-state index in [0.717, 1.165) is 67.3 Å². The van der Waals surface area contributed by atoms with E-state index in [-0.39, 0.29) is 11.9 Å². The number of carbonyl (C=O) groups excluding carboxylic acids is 2. The van der Waals surface area contributed by atoms with Gasteiger partial charge in [0.15, 0.2) is 0 Å². The van der Waals surface area contributed by atoms with Crippen molar-refractivity contribution in [2.24, 2.45) is 0 Å². The van der Waals surface area contributed by atoms with E-state index < -0.39 is 0 Å². The lowest BCUT2D eigenvalue weighted by molar-refractivity contribution is 0.0793. The van der Waals surface area contributed by atoms with E-state index in [2.05, 4.69) is 34.3 Å². The minimum Gasteiger partial charge on any atom is -0.339 e. The first-order chi connectivity index (χ1) is 16.6. The molecule has 0 N–H and O–H groups in total. The van der Waals surface area contributed by atoms with Crippen molar-refractivity contribution in [3.05, 3.63) is 77.1 Å². The topological polar surface area (TPSA) is 61.7 Å². The van der Waals surface area contributed by atoms with Crippen molar-refractivity contribution in [2.75, 3.05) is 39.3 Å². The van der Waals surface area contributed by atoms with Crippen LogP contribution in [-0.4, -0.2) is 75.7 Å². The van der Waals surface area contributed by atoms with E-state index in [4.69, 9.17) is 11.6 Å². The average molecular weight is 478 g/mol. The SMILES string of the molecule is O=C(c1cnn(C(=O)N2CCN(Cc3ccc(-c4ccccc4)cc3Cl)CC2)c1)N1CCCC1. The first-order valence-corrected chi connectivity index (χ1v) is 12.2. The number of hydrogen-bond donors (Lipinski definition) is 0. The van der Waals surface area contributed by atoms with Gasteiger partial charge in [0.05, 0.1) is 11.8 Å². The second-order valence-corrected chi connectivity index (χ2v) is 9.30. The number of carbonyl (C=O) groups is 2. The van der Waals surface area contributed by atoms with E-state index in [1.807, 2.05) is 29.2 Å². The van der Waals surface area contributed by atoms with Crippen LogP contribution in [0.3, 0.4) is 0 Å². The third-order valence-corrected chi connectivity index (χ3v) is 6.97. The predicted octanol–water partition coefficient (Wildman–Crippen LogP) is 4.23. The van der Waals surface area contributed by atoms with Crippen LogP contribution in [0.25, 0.3) is 11.1 Å². The summed E-state index contributed by atoms with van der Waals surface area (Å²) in [5, 5.41) is 4.92. The van der Waals surface area contributed by atoms with Crippen molar-refractivity contribution in [3.63, 3.8) is 0 Å². The lowest BCUT2D eigenvalue weighted by atomic mass is 10.0. The Bertz CT molecular complexity index is 1160. The van der Waals surface area contributed by atoms with E-state index in [9.17, 15) is 9.59 Å². The fourth-order valence-electron chi connectivity index (χ4n) is 4.61. The number of benzene rings is 2. The van der Waals surface area contributed by atoms with E-state index in [1.165, 1.54) is 10.9 Å². The third kappa shape index (κ3) is 4.86. The first-order valence-electron chi connectivity index (χ1n) is 11.8. The van der Waals surface area contributed by atoms with Crippen LogP contribution in [-0.2, 0) is 6.54 Å². The van der Waals surface area contributed by atoms with Crippen LogP contribution >= 0.6 is 11.6 Å². The Labute approximate surface area is 204 Å². The zero-order chi connectivity index (χ0) is 23.5. The molecular weight excluding hydrogens is 450 g/mol. The molecular formula is C26H28ClN5O2. The Hall–Kier alpha value is -3.16. The van der Waals surface area contributed by atoms with Gasteiger partial charge in [-0.3, -0.25) is 9.69 Å². The van der Waals surface area contributed by atoms with Crippen molar-refractivity contribution in [3.8, 4) is 11.1 Å². The van der Waals surface area contributed by atoms with Crippen molar-refractivity contribution >= 4 is 23.5 Å². The van der Waals surface area contributed by atoms with Crippen molar-refractivity contribution in [1.82, 2.24) is 24.5 Å². The van der Waals surface area contributed by atoms with Gasteiger partial charge in [0.1, 0.15) is 0 Å². The largest absolute Gasteiger partial charge is 0.344 e. The van der Waals surface area contributed by atoms with Gasteiger partial charge in [-0.15, -0.1) is 0 Å². The smallest absolute Gasteiger partial charge is 0.339 e. The highest BCUT2D eigenvalue weighted by Gasteiger charge is 2.25. The second kappa shape index (κ2) is 9.99. The second-order valence-electron chi connectivity index (χ2n) is 8.89. The van der Waals surface area contributed by atoms with Crippen LogP contribution in [0.4, 0.5) is 4.79 Å². The van der Waals surface area contributed by atoms with Crippen LogP contribution in [0.2, 0.25) is 5.02 Å². The quantitative estimate of drug-likeness (QED) is 0.564. The molecule has 2 saturated heterocycles. The molecule has 7 nitrogen and oxygen atoms in total. The Kier molecular flexibility index (Phi) is 6.65. The highest BCUT2D eigenvalue weighted by molar-refractivity contribution is 6.31. The van der Waals surface area contributed by atoms with E-state index in [1.54, 1.807) is 11.1 Å². The summed E-state index contributed by atoms with van der Waals surface area (Å²) >= 11 is 6.60. The molecule has 1 aromatic heterocycles. The standard InChI is InChI=1S/C26H28ClN5O2/c27-24-16-21(20-6-2-1-3-7-20)8-9-22(24)18-29-12-14-31(15-13-29)26(34)32-19-23(17-28-32)25(33)30-10-4-5-11-30/h1-3,6-9,16-17,19H,4-5,10-15,18H2. The molecule has 2 aromatic carbocycles. The molecule has 3 aromatic rings. The highest BCUT2D eigenvalue weighted by atomic mass is 35.5. The Morgan fingerprint density at radius 1 is 0.853 bits per heavy atom. The fourth-order valence-corrected chi connectivity index (χ4v) is 4.85. The molecule has 0 atom stereocenters. The number of amides is 2. The lowest BCUT2D eigenvalue weighted by Crippen LogP contribution is -2.49. The number of piperazine rings is 1. The molecule has 0 bridgehead atoms. The molecule has 3 heterocycles. The molecule has 0 unspecified atom stereocenters. The maximum Gasteiger partial charge on any atom is 0.344 e. The maximum atomic E-state index is 12.9. The molecule has 0 radical (unpaired) electrons. The van der Waals surface area contributed by atoms with Gasteiger partial charge < -0.3 is 9.80 Å². The van der Waals surface area contributed by atoms with Gasteiger partial charge in [0, 0.05) is 57.0 Å². The molecule has 2 aliphatic heterocycles. The van der Waals surface area contributed by atoms with Crippen molar-refractivity contribution in [1.29, 1.82) is 0 Å². The minimum absolute atomic E-state index is 0.0449. The Morgan fingerprint density at radius 2 is 1.59 bits per heavy atom. The Morgan fingerprint density at radius 3 is 2.29 bits per heavy atom. The van der Waals surface area contributed by atoms with Gasteiger partial charge in [-0.2, -0.15) is 9.78 Å². The van der Waals surface area contributed by atoms with Gasteiger partial charge >= 0.3 is 6.03 Å². The third-order valence-electron chi connectivity index (χ3n) is 6.62. The number of likely N-dealkylation sites (tertiary alicyclic amines) is 1. The van der Waals surface area contributed by atoms with Gasteiger partial charge in [0.25, 0.3) is 5.91 Å². The normalized spacial score (nSPS) is 16.7. The number of hydrogen-bond acceptors (Lipinski definition) is 4. The van der Waals surface area contributed by atoms with Gasteiger partial charge in [-0.1, -0.05) is 54.1 Å². The first kappa shape index (κ1) is 22.6. The van der Waals surface area contributed by atoms with Gasteiger partial charge in [-0.25, -0.2) is 4.79 Å². The molecule has 0 saturated carbocycles. The minimum atomic E-state index is -0.189. The summed E-state index contributed by atoms with van der Waals surface area (Å²) in [7, 11) is 0. The molecule has 0 aliphatic carbocycles. The molecule has 176 valence electrons. The number of rotatable bonds is 4. The zero-order valence-corrected chi connectivity index (χ0v) is 19.8. The van der Waals surface area contributed by atoms with Crippen LogP contribution in [0.15, 0.2) is 60.9 Å². The molecule has 2 amide bonds. The molecule has 2 aliphatic rings. The van der Waals surface area contributed by atoms with Gasteiger partial charge in [-0.05, 0) is 35.6 Å². The number of aromatic nitrogens is 2. The summed E-state index contributed by atoms with van der Waals surface area (Å²) in [5.41, 5.74) is 3.80. The molecule has 5 rings (SSSR count). The van der Waals surface area contributed by atoms with E-state index in [0.29, 0.717) is 18.7 Å². The fraction of sp³-hybridized carbons (Fsp3) is 0.346. The van der Waals surface area contributed by atoms with Crippen LogP contribution in [0.5, 0.6) is 0 Å². The van der Waals surface area contributed by atoms with Gasteiger partial charge in [0.2, 0.25) is 0 Å². The monoisotopic (exact) mass is 477 g/mol. The molecule has 8 heteroatoms. The molecule has 0 spiro atoms. The number of halogens is 1. The molecule has 34 heavy (non-hydrogen) atoms. The van der Waals surface area contributed by atoms with Crippen LogP contribution in [0.1, 0.15) is 28.8 Å². The summed E-state index contributed by atoms with van der Waals surface area (Å²) in [6.45, 7) is 5.01. The van der Waals surface area contributed by atoms with Crippen molar-refractivity contribution in [2.45, 2.75) is 19.4 Å². The van der Waals surface area contributed by atoms with Crippen LogP contribution < -0.4 is 0 Å². The summed E-state index contributed by atoms with van der Waals surface area (Å²) in [4.78, 5) is 31.4. The summed E-state index contributed by atoms with van der Waals surface area (Å²) in [6.07, 6.45) is 5.12. The maximum absolute atomic E-state index is 12.9. The Balaban J connectivity index is 1.16. The lowest BCUT2D eigenvalue weighted by Gasteiger charge is -2.34. The summed E-state index contributed by atoms with van der Waals surface area (Å²) in [6, 6.07) is 16.2. The van der Waals surface area contributed by atoms with Crippen molar-refractivity contribution < 1.29 is 9.59 Å². The zero-order valence-electron chi connectivity index (χ0n) is 19.1. The molecule has 2 fully saturated rings. The predicted molar refractivity (Wildman–Crippen MR) is 132 cm³/mol. The highest BCUT2D eigenvalue weighted by Crippen LogP contribution is 2.26. The average Bonchev–Trinajstić information content (AvgIpc) is 3.58.